The Kier molecular flexibility index (Phi) is 5.19. The molecule has 1 atom stereocenters. The standard InChI is InChI=1S/C16H16Br2N2O/c1-9-3-5-11(6-4-9)14(19)16(21)20-15-12(17)7-10(2)8-13(15)18/h3-8,14H,19H2,1-2H3,(H,20,21). The lowest BCUT2D eigenvalue weighted by atomic mass is 10.1. The van der Waals surface area contributed by atoms with Crippen molar-refractivity contribution in [2.45, 2.75) is 19.9 Å². The fraction of sp³-hybridized carbons (Fsp3) is 0.188. The van der Waals surface area contributed by atoms with Crippen LogP contribution in [-0.2, 0) is 4.79 Å². The molecule has 1 amide bonds. The van der Waals surface area contributed by atoms with E-state index in [1.807, 2.05) is 50.2 Å². The summed E-state index contributed by atoms with van der Waals surface area (Å²) < 4.78 is 1.64. The Hall–Kier alpha value is -1.17. The second kappa shape index (κ2) is 6.73. The molecule has 0 aliphatic rings. The van der Waals surface area contributed by atoms with Crippen LogP contribution in [0.2, 0.25) is 0 Å². The first-order valence-corrected chi connectivity index (χ1v) is 8.05. The van der Waals surface area contributed by atoms with Crippen LogP contribution in [0.1, 0.15) is 22.7 Å². The van der Waals surface area contributed by atoms with Crippen LogP contribution in [0.4, 0.5) is 5.69 Å². The van der Waals surface area contributed by atoms with Crippen LogP contribution in [-0.4, -0.2) is 5.91 Å². The van der Waals surface area contributed by atoms with Gasteiger partial charge >= 0.3 is 0 Å². The average molecular weight is 412 g/mol. The van der Waals surface area contributed by atoms with E-state index in [9.17, 15) is 4.79 Å². The Labute approximate surface area is 141 Å². The molecule has 0 heterocycles. The van der Waals surface area contributed by atoms with Gasteiger partial charge in [-0.1, -0.05) is 29.8 Å². The molecule has 0 radical (unpaired) electrons. The predicted octanol–water partition coefficient (Wildman–Crippen LogP) is 4.47. The SMILES string of the molecule is Cc1ccc(C(N)C(=O)Nc2c(Br)cc(C)cc2Br)cc1. The van der Waals surface area contributed by atoms with Crippen molar-refractivity contribution in [3.05, 3.63) is 62.0 Å². The zero-order chi connectivity index (χ0) is 15.6. The van der Waals surface area contributed by atoms with Crippen LogP contribution in [0.5, 0.6) is 0 Å². The van der Waals surface area contributed by atoms with Gasteiger partial charge in [0, 0.05) is 8.95 Å². The van der Waals surface area contributed by atoms with Gasteiger partial charge in [-0.3, -0.25) is 4.79 Å². The first-order chi connectivity index (χ1) is 9.88. The number of aryl methyl sites for hydroxylation is 2. The highest BCUT2D eigenvalue weighted by molar-refractivity contribution is 9.11. The number of amides is 1. The fourth-order valence-corrected chi connectivity index (χ4v) is 3.56. The molecule has 1 unspecified atom stereocenters. The number of benzene rings is 2. The Morgan fingerprint density at radius 3 is 2.10 bits per heavy atom. The fourth-order valence-electron chi connectivity index (χ4n) is 1.95. The molecular formula is C16H16Br2N2O. The summed E-state index contributed by atoms with van der Waals surface area (Å²) in [5.41, 5.74) is 9.73. The van der Waals surface area contributed by atoms with Gasteiger partial charge in [0.1, 0.15) is 6.04 Å². The molecular weight excluding hydrogens is 396 g/mol. The third-order valence-corrected chi connectivity index (χ3v) is 4.40. The van der Waals surface area contributed by atoms with Crippen molar-refractivity contribution < 1.29 is 4.79 Å². The maximum Gasteiger partial charge on any atom is 0.245 e. The molecule has 3 N–H and O–H groups in total. The van der Waals surface area contributed by atoms with Crippen LogP contribution in [0.25, 0.3) is 0 Å². The molecule has 0 aromatic heterocycles. The second-order valence-electron chi connectivity index (χ2n) is 4.98. The Balaban J connectivity index is 2.20. The Morgan fingerprint density at radius 1 is 1.05 bits per heavy atom. The molecule has 0 fully saturated rings. The van der Waals surface area contributed by atoms with Crippen LogP contribution in [0.3, 0.4) is 0 Å². The minimum absolute atomic E-state index is 0.246. The first kappa shape index (κ1) is 16.2. The third-order valence-electron chi connectivity index (χ3n) is 3.15. The molecule has 3 nitrogen and oxygen atoms in total. The van der Waals surface area contributed by atoms with Gasteiger partial charge in [0.2, 0.25) is 5.91 Å². The van der Waals surface area contributed by atoms with E-state index in [0.29, 0.717) is 5.69 Å². The number of nitrogens with one attached hydrogen (secondary N) is 1. The number of anilines is 1. The van der Waals surface area contributed by atoms with Gasteiger partial charge in [-0.15, -0.1) is 0 Å². The van der Waals surface area contributed by atoms with Crippen LogP contribution in [0.15, 0.2) is 45.3 Å². The van der Waals surface area contributed by atoms with Gasteiger partial charge < -0.3 is 11.1 Å². The van der Waals surface area contributed by atoms with E-state index in [-0.39, 0.29) is 5.91 Å². The number of rotatable bonds is 3. The van der Waals surface area contributed by atoms with Crippen molar-refractivity contribution in [1.29, 1.82) is 0 Å². The zero-order valence-electron chi connectivity index (χ0n) is 11.8. The quantitative estimate of drug-likeness (QED) is 0.782. The average Bonchev–Trinajstić information content (AvgIpc) is 2.42. The van der Waals surface area contributed by atoms with Crippen molar-refractivity contribution in [2.75, 3.05) is 5.32 Å². The van der Waals surface area contributed by atoms with E-state index in [1.165, 1.54) is 0 Å². The Bertz CT molecular complexity index is 645. The molecule has 2 rings (SSSR count). The molecule has 0 aliphatic heterocycles. The molecule has 0 saturated heterocycles. The lowest BCUT2D eigenvalue weighted by molar-refractivity contribution is -0.117. The van der Waals surface area contributed by atoms with Crippen LogP contribution < -0.4 is 11.1 Å². The molecule has 2 aromatic carbocycles. The van der Waals surface area contributed by atoms with Crippen molar-refractivity contribution in [1.82, 2.24) is 0 Å². The van der Waals surface area contributed by atoms with Crippen molar-refractivity contribution in [3.63, 3.8) is 0 Å². The second-order valence-corrected chi connectivity index (χ2v) is 6.69. The van der Waals surface area contributed by atoms with E-state index in [4.69, 9.17) is 5.73 Å². The maximum atomic E-state index is 12.3. The van der Waals surface area contributed by atoms with Crippen LogP contribution in [0, 0.1) is 13.8 Å². The summed E-state index contributed by atoms with van der Waals surface area (Å²) in [6.45, 7) is 3.98. The molecule has 0 saturated carbocycles. The third kappa shape index (κ3) is 3.93. The number of carbonyl (C=O) groups excluding carboxylic acids is 1. The minimum atomic E-state index is -0.703. The highest BCUT2D eigenvalue weighted by Crippen LogP contribution is 2.32. The molecule has 21 heavy (non-hydrogen) atoms. The summed E-state index contributed by atoms with van der Waals surface area (Å²) in [5.74, 6) is -0.246. The van der Waals surface area contributed by atoms with Crippen molar-refractivity contribution in [2.24, 2.45) is 5.73 Å². The smallest absolute Gasteiger partial charge is 0.245 e. The zero-order valence-corrected chi connectivity index (χ0v) is 15.0. The summed E-state index contributed by atoms with van der Waals surface area (Å²) in [5, 5.41) is 2.86. The highest BCUT2D eigenvalue weighted by Gasteiger charge is 2.18. The van der Waals surface area contributed by atoms with Gasteiger partial charge in [0.05, 0.1) is 5.69 Å². The summed E-state index contributed by atoms with van der Waals surface area (Å²) >= 11 is 6.91. The van der Waals surface area contributed by atoms with Gasteiger partial charge in [0.25, 0.3) is 0 Å². The Morgan fingerprint density at radius 2 is 1.57 bits per heavy atom. The largest absolute Gasteiger partial charge is 0.322 e. The summed E-state index contributed by atoms with van der Waals surface area (Å²) in [4.78, 5) is 12.3. The molecule has 5 heteroatoms. The van der Waals surface area contributed by atoms with Crippen LogP contribution >= 0.6 is 31.9 Å². The molecule has 0 aliphatic carbocycles. The minimum Gasteiger partial charge on any atom is -0.322 e. The van der Waals surface area contributed by atoms with E-state index >= 15 is 0 Å². The molecule has 2 aromatic rings. The topological polar surface area (TPSA) is 55.1 Å². The van der Waals surface area contributed by atoms with Crippen molar-refractivity contribution >= 4 is 43.5 Å². The highest BCUT2D eigenvalue weighted by atomic mass is 79.9. The number of nitrogens with two attached hydrogens (primary N) is 1. The van der Waals surface area contributed by atoms with E-state index < -0.39 is 6.04 Å². The molecule has 0 spiro atoms. The van der Waals surface area contributed by atoms with Gasteiger partial charge in [0.15, 0.2) is 0 Å². The lowest BCUT2D eigenvalue weighted by Gasteiger charge is -2.15. The van der Waals surface area contributed by atoms with Gasteiger partial charge in [-0.05, 0) is 69.0 Å². The first-order valence-electron chi connectivity index (χ1n) is 6.47. The normalized spacial score (nSPS) is 12.0. The predicted molar refractivity (Wildman–Crippen MR) is 93.3 cm³/mol. The van der Waals surface area contributed by atoms with E-state index in [1.54, 1.807) is 0 Å². The van der Waals surface area contributed by atoms with Gasteiger partial charge in [-0.2, -0.15) is 0 Å². The lowest BCUT2D eigenvalue weighted by Crippen LogP contribution is -2.28. The molecule has 110 valence electrons. The number of halogens is 2. The molecule has 0 bridgehead atoms. The van der Waals surface area contributed by atoms with Crippen molar-refractivity contribution in [3.8, 4) is 0 Å². The van der Waals surface area contributed by atoms with Gasteiger partial charge in [-0.25, -0.2) is 0 Å². The summed E-state index contributed by atoms with van der Waals surface area (Å²) in [6, 6.07) is 10.8. The van der Waals surface area contributed by atoms with E-state index in [2.05, 4.69) is 37.2 Å². The number of carbonyl (C=O) groups is 1. The monoisotopic (exact) mass is 410 g/mol. The summed E-state index contributed by atoms with van der Waals surface area (Å²) in [7, 11) is 0. The van der Waals surface area contributed by atoms with E-state index in [0.717, 1.165) is 25.6 Å². The number of hydrogen-bond acceptors (Lipinski definition) is 2. The summed E-state index contributed by atoms with van der Waals surface area (Å²) in [6.07, 6.45) is 0. The number of hydrogen-bond donors (Lipinski definition) is 2. The maximum absolute atomic E-state index is 12.3.